The number of likely N-dealkylation sites (tertiary alicyclic amines) is 1. The predicted molar refractivity (Wildman–Crippen MR) is 133 cm³/mol. The molecule has 176 valence electrons. The Balaban J connectivity index is 1.50. The van der Waals surface area contributed by atoms with Crippen LogP contribution >= 0.6 is 11.3 Å². The molecule has 7 nitrogen and oxygen atoms in total. The summed E-state index contributed by atoms with van der Waals surface area (Å²) in [5.74, 6) is -0.638. The van der Waals surface area contributed by atoms with Crippen LogP contribution in [0.15, 0.2) is 77.5 Å². The normalized spacial score (nSPS) is 16.0. The van der Waals surface area contributed by atoms with Gasteiger partial charge in [-0.15, -0.1) is 17.9 Å². The Hall–Kier alpha value is -3.30. The Bertz CT molecular complexity index is 1300. The lowest BCUT2D eigenvalue weighted by atomic mass is 10.1. The van der Waals surface area contributed by atoms with Gasteiger partial charge in [0.2, 0.25) is 11.8 Å². The number of anilines is 1. The summed E-state index contributed by atoms with van der Waals surface area (Å²) in [7, 11) is -3.28. The van der Waals surface area contributed by atoms with E-state index in [9.17, 15) is 18.0 Å². The number of hydrogen-bond acceptors (Lipinski definition) is 6. The highest BCUT2D eigenvalue weighted by Crippen LogP contribution is 2.31. The van der Waals surface area contributed by atoms with Crippen LogP contribution in [0.4, 0.5) is 5.13 Å². The van der Waals surface area contributed by atoms with Crippen LogP contribution < -0.4 is 4.90 Å². The van der Waals surface area contributed by atoms with Crippen molar-refractivity contribution < 1.29 is 18.0 Å². The van der Waals surface area contributed by atoms with Gasteiger partial charge in [-0.2, -0.15) is 0 Å². The minimum Gasteiger partial charge on any atom is -0.338 e. The maximum atomic E-state index is 13.4. The second kappa shape index (κ2) is 9.90. The van der Waals surface area contributed by atoms with E-state index in [-0.39, 0.29) is 29.7 Å². The van der Waals surface area contributed by atoms with Crippen LogP contribution in [0.3, 0.4) is 0 Å². The zero-order valence-electron chi connectivity index (χ0n) is 18.8. The number of rotatable bonds is 8. The summed E-state index contributed by atoms with van der Waals surface area (Å²) >= 11 is 1.32. The van der Waals surface area contributed by atoms with Gasteiger partial charge in [-0.1, -0.05) is 48.5 Å². The van der Waals surface area contributed by atoms with Crippen LogP contribution in [0.2, 0.25) is 0 Å². The zero-order chi connectivity index (χ0) is 24.3. The predicted octanol–water partition coefficient (Wildman–Crippen LogP) is 3.78. The van der Waals surface area contributed by atoms with Gasteiger partial charge >= 0.3 is 0 Å². The molecule has 3 aromatic rings. The van der Waals surface area contributed by atoms with Gasteiger partial charge in [-0.25, -0.2) is 13.4 Å². The monoisotopic (exact) mass is 495 g/mol. The summed E-state index contributed by atoms with van der Waals surface area (Å²) < 4.78 is 23.4. The van der Waals surface area contributed by atoms with Crippen molar-refractivity contribution in [1.29, 1.82) is 0 Å². The summed E-state index contributed by atoms with van der Waals surface area (Å²) in [5, 5.41) is 2.34. The number of amides is 2. The van der Waals surface area contributed by atoms with Gasteiger partial charge in [0.25, 0.3) is 0 Å². The van der Waals surface area contributed by atoms with E-state index < -0.39 is 15.8 Å². The number of aromatic nitrogens is 1. The molecule has 0 aliphatic carbocycles. The number of nitrogens with zero attached hydrogens (tertiary/aromatic N) is 3. The average molecular weight is 496 g/mol. The molecule has 4 rings (SSSR count). The summed E-state index contributed by atoms with van der Waals surface area (Å²) in [6.07, 6.45) is 2.97. The first kappa shape index (κ1) is 23.8. The minimum atomic E-state index is -3.28. The lowest BCUT2D eigenvalue weighted by Crippen LogP contribution is -2.37. The molecule has 2 amide bonds. The number of benzene rings is 2. The van der Waals surface area contributed by atoms with Crippen LogP contribution in [-0.2, 0) is 26.0 Å². The summed E-state index contributed by atoms with van der Waals surface area (Å²) in [4.78, 5) is 34.1. The van der Waals surface area contributed by atoms with Gasteiger partial charge in [-0.3, -0.25) is 14.5 Å². The van der Waals surface area contributed by atoms with Crippen molar-refractivity contribution in [3.8, 4) is 11.3 Å². The molecule has 0 radical (unpaired) electrons. The van der Waals surface area contributed by atoms with Gasteiger partial charge in [0, 0.05) is 43.3 Å². The molecule has 0 bridgehead atoms. The van der Waals surface area contributed by atoms with Crippen LogP contribution in [0.25, 0.3) is 11.3 Å². The van der Waals surface area contributed by atoms with E-state index in [4.69, 9.17) is 0 Å². The van der Waals surface area contributed by atoms with Crippen molar-refractivity contribution in [2.24, 2.45) is 5.92 Å². The van der Waals surface area contributed by atoms with E-state index in [1.165, 1.54) is 11.3 Å². The molecule has 1 aliphatic rings. The molecule has 0 spiro atoms. The SMILES string of the molecule is C=CCN(C(=O)C1CC(=O)N(Cc2ccccc2)C1)c1nc(-c2ccc(S(C)(=O)=O)cc2)cs1. The van der Waals surface area contributed by atoms with Crippen LogP contribution in [0, 0.1) is 5.92 Å². The van der Waals surface area contributed by atoms with E-state index in [1.54, 1.807) is 40.1 Å². The maximum absolute atomic E-state index is 13.4. The number of carbonyl (C=O) groups excluding carboxylic acids is 2. The van der Waals surface area contributed by atoms with E-state index >= 15 is 0 Å². The van der Waals surface area contributed by atoms with E-state index in [2.05, 4.69) is 11.6 Å². The lowest BCUT2D eigenvalue weighted by Gasteiger charge is -2.22. The van der Waals surface area contributed by atoms with Crippen molar-refractivity contribution in [2.45, 2.75) is 17.9 Å². The fraction of sp³-hybridized carbons (Fsp3) is 0.240. The number of carbonyl (C=O) groups is 2. The van der Waals surface area contributed by atoms with E-state index in [1.807, 2.05) is 35.7 Å². The highest BCUT2D eigenvalue weighted by molar-refractivity contribution is 7.90. The number of hydrogen-bond donors (Lipinski definition) is 0. The molecule has 1 unspecified atom stereocenters. The molecule has 0 N–H and O–H groups in total. The van der Waals surface area contributed by atoms with Crippen molar-refractivity contribution in [2.75, 3.05) is 24.2 Å². The van der Waals surface area contributed by atoms with Gasteiger partial charge in [0.05, 0.1) is 16.5 Å². The quantitative estimate of drug-likeness (QED) is 0.444. The molecular formula is C25H25N3O4S2. The third-order valence-corrected chi connectivity index (χ3v) is 7.65. The molecule has 9 heteroatoms. The summed E-state index contributed by atoms with van der Waals surface area (Å²) in [6, 6.07) is 16.2. The first-order valence-electron chi connectivity index (χ1n) is 10.8. The molecule has 0 saturated carbocycles. The average Bonchev–Trinajstić information content (AvgIpc) is 3.45. The number of sulfone groups is 1. The largest absolute Gasteiger partial charge is 0.338 e. The highest BCUT2D eigenvalue weighted by Gasteiger charge is 2.37. The van der Waals surface area contributed by atoms with Gasteiger partial charge in [0.15, 0.2) is 15.0 Å². The van der Waals surface area contributed by atoms with Gasteiger partial charge < -0.3 is 4.90 Å². The van der Waals surface area contributed by atoms with Gasteiger partial charge in [-0.05, 0) is 17.7 Å². The first-order valence-corrected chi connectivity index (χ1v) is 13.5. The molecule has 1 aliphatic heterocycles. The topological polar surface area (TPSA) is 87.7 Å². The Morgan fingerprint density at radius 1 is 1.21 bits per heavy atom. The first-order chi connectivity index (χ1) is 16.3. The van der Waals surface area contributed by atoms with Crippen LogP contribution in [0.1, 0.15) is 12.0 Å². The molecular weight excluding hydrogens is 470 g/mol. The third-order valence-electron chi connectivity index (χ3n) is 5.66. The third kappa shape index (κ3) is 5.26. The second-order valence-corrected chi connectivity index (χ2v) is 11.1. The van der Waals surface area contributed by atoms with Crippen molar-refractivity contribution in [3.63, 3.8) is 0 Å². The molecule has 1 fully saturated rings. The molecule has 2 aromatic carbocycles. The Morgan fingerprint density at radius 3 is 2.56 bits per heavy atom. The van der Waals surface area contributed by atoms with Crippen LogP contribution in [0.5, 0.6) is 0 Å². The lowest BCUT2D eigenvalue weighted by molar-refractivity contribution is -0.128. The van der Waals surface area contributed by atoms with Crippen molar-refractivity contribution in [1.82, 2.24) is 9.88 Å². The minimum absolute atomic E-state index is 0.0356. The molecule has 2 heterocycles. The Morgan fingerprint density at radius 2 is 1.91 bits per heavy atom. The fourth-order valence-electron chi connectivity index (χ4n) is 3.90. The maximum Gasteiger partial charge on any atom is 0.234 e. The summed E-state index contributed by atoms with van der Waals surface area (Å²) in [5.41, 5.74) is 2.43. The van der Waals surface area contributed by atoms with Crippen LogP contribution in [-0.4, -0.2) is 49.5 Å². The van der Waals surface area contributed by atoms with Crippen molar-refractivity contribution in [3.05, 3.63) is 78.2 Å². The van der Waals surface area contributed by atoms with Gasteiger partial charge in [0.1, 0.15) is 0 Å². The zero-order valence-corrected chi connectivity index (χ0v) is 20.4. The summed E-state index contributed by atoms with van der Waals surface area (Å²) in [6.45, 7) is 4.90. The molecule has 1 aromatic heterocycles. The second-order valence-electron chi connectivity index (χ2n) is 8.21. The molecule has 1 saturated heterocycles. The number of thiazole rings is 1. The molecule has 1 atom stereocenters. The van der Waals surface area contributed by atoms with E-state index in [0.29, 0.717) is 23.9 Å². The highest BCUT2D eigenvalue weighted by atomic mass is 32.2. The van der Waals surface area contributed by atoms with E-state index in [0.717, 1.165) is 17.4 Å². The van der Waals surface area contributed by atoms with Crippen molar-refractivity contribution >= 4 is 38.1 Å². The fourth-order valence-corrected chi connectivity index (χ4v) is 5.38. The smallest absolute Gasteiger partial charge is 0.234 e. The Labute approximate surface area is 203 Å². The molecule has 34 heavy (non-hydrogen) atoms. The standard InChI is InChI=1S/C25H25N3O4S2/c1-3-13-28(24(30)20-14-23(29)27(16-20)15-18-7-5-4-6-8-18)25-26-22(17-33-25)19-9-11-21(12-10-19)34(2,31)32/h3-12,17,20H,1,13-16H2,2H3. The Kier molecular flexibility index (Phi) is 6.95.